The van der Waals surface area contributed by atoms with Gasteiger partial charge in [0.2, 0.25) is 0 Å². The number of carboxylic acids is 1. The SMILES string of the molecule is Cc1noc(C2CCC(c3ccc(C4(C(=O)O)CC4)cc3)CC2)c1NC(=O)OC(C)c1ccccc1Cl. The van der Waals surface area contributed by atoms with Crippen molar-refractivity contribution >= 4 is 29.4 Å². The van der Waals surface area contributed by atoms with Crippen molar-refractivity contribution in [2.45, 2.75) is 75.7 Å². The van der Waals surface area contributed by atoms with Gasteiger partial charge in [-0.05, 0) is 75.5 Å². The molecule has 2 saturated carbocycles. The van der Waals surface area contributed by atoms with Crippen LogP contribution in [0.5, 0.6) is 0 Å². The van der Waals surface area contributed by atoms with Crippen molar-refractivity contribution in [3.8, 4) is 0 Å². The summed E-state index contributed by atoms with van der Waals surface area (Å²) < 4.78 is 11.2. The molecule has 7 nitrogen and oxygen atoms in total. The number of hydrogen-bond donors (Lipinski definition) is 2. The maximum Gasteiger partial charge on any atom is 0.412 e. The van der Waals surface area contributed by atoms with Gasteiger partial charge in [-0.25, -0.2) is 4.79 Å². The molecular formula is C29H31ClN2O5. The van der Waals surface area contributed by atoms with Gasteiger partial charge in [-0.1, -0.05) is 59.2 Å². The predicted octanol–water partition coefficient (Wildman–Crippen LogP) is 7.50. The molecule has 2 aliphatic rings. The van der Waals surface area contributed by atoms with Crippen LogP contribution in [0.2, 0.25) is 5.02 Å². The van der Waals surface area contributed by atoms with E-state index in [1.807, 2.05) is 30.3 Å². The molecule has 0 spiro atoms. The standard InChI is InChI=1S/C29H31ClN2O5/c1-17-25(31-28(35)36-18(2)23-5-3-4-6-24(23)30)26(37-32-17)21-9-7-19(8-10-21)20-11-13-22(14-12-20)29(15-16-29)27(33)34/h3-6,11-14,18-19,21H,7-10,15-16H2,1-2H3,(H,31,35)(H,33,34). The minimum absolute atomic E-state index is 0.148. The number of aryl methyl sites for hydroxylation is 1. The molecule has 194 valence electrons. The largest absolute Gasteiger partial charge is 0.481 e. The number of halogens is 1. The Bertz CT molecular complexity index is 1290. The smallest absolute Gasteiger partial charge is 0.412 e. The van der Waals surface area contributed by atoms with E-state index in [9.17, 15) is 14.7 Å². The number of carbonyl (C=O) groups is 2. The topological polar surface area (TPSA) is 102 Å². The fraction of sp³-hybridized carbons (Fsp3) is 0.414. The van der Waals surface area contributed by atoms with Gasteiger partial charge in [-0.15, -0.1) is 0 Å². The van der Waals surface area contributed by atoms with E-state index in [4.69, 9.17) is 20.9 Å². The van der Waals surface area contributed by atoms with Crippen LogP contribution in [0, 0.1) is 6.92 Å². The first kappa shape index (κ1) is 25.3. The third kappa shape index (κ3) is 5.10. The summed E-state index contributed by atoms with van der Waals surface area (Å²) in [6.45, 7) is 3.58. The Morgan fingerprint density at radius 1 is 1.08 bits per heavy atom. The van der Waals surface area contributed by atoms with E-state index in [-0.39, 0.29) is 5.92 Å². The summed E-state index contributed by atoms with van der Waals surface area (Å²) in [5.74, 6) is 0.516. The molecule has 2 aliphatic carbocycles. The fourth-order valence-corrected chi connectivity index (χ4v) is 5.78. The van der Waals surface area contributed by atoms with E-state index < -0.39 is 23.6 Å². The summed E-state index contributed by atoms with van der Waals surface area (Å²) in [5.41, 5.74) is 3.41. The van der Waals surface area contributed by atoms with Gasteiger partial charge in [0.05, 0.1) is 5.41 Å². The number of ether oxygens (including phenoxy) is 1. The molecule has 2 aromatic carbocycles. The Labute approximate surface area is 221 Å². The van der Waals surface area contributed by atoms with Gasteiger partial charge in [-0.3, -0.25) is 10.1 Å². The van der Waals surface area contributed by atoms with E-state index in [2.05, 4.69) is 22.6 Å². The van der Waals surface area contributed by atoms with Crippen LogP contribution < -0.4 is 5.32 Å². The highest BCUT2D eigenvalue weighted by atomic mass is 35.5. The molecule has 1 unspecified atom stereocenters. The lowest BCUT2D eigenvalue weighted by Gasteiger charge is -2.28. The zero-order valence-corrected chi connectivity index (χ0v) is 21.8. The Morgan fingerprint density at radius 2 is 1.73 bits per heavy atom. The monoisotopic (exact) mass is 522 g/mol. The number of amides is 1. The minimum atomic E-state index is -0.727. The average molecular weight is 523 g/mol. The molecule has 0 radical (unpaired) electrons. The number of carbonyl (C=O) groups excluding carboxylic acids is 1. The predicted molar refractivity (Wildman–Crippen MR) is 140 cm³/mol. The van der Waals surface area contributed by atoms with Crippen molar-refractivity contribution in [2.24, 2.45) is 0 Å². The lowest BCUT2D eigenvalue weighted by Crippen LogP contribution is -2.20. The number of hydrogen-bond acceptors (Lipinski definition) is 5. The molecule has 5 rings (SSSR count). The number of anilines is 1. The van der Waals surface area contributed by atoms with E-state index in [0.29, 0.717) is 40.9 Å². The van der Waals surface area contributed by atoms with Crippen LogP contribution in [-0.2, 0) is 14.9 Å². The second-order valence-electron chi connectivity index (χ2n) is 10.3. The molecule has 2 fully saturated rings. The highest BCUT2D eigenvalue weighted by Gasteiger charge is 2.51. The summed E-state index contributed by atoms with van der Waals surface area (Å²) in [6, 6.07) is 15.4. The number of nitrogens with one attached hydrogen (secondary N) is 1. The van der Waals surface area contributed by atoms with Crippen molar-refractivity contribution in [3.63, 3.8) is 0 Å². The second-order valence-corrected chi connectivity index (χ2v) is 10.7. The summed E-state index contributed by atoms with van der Waals surface area (Å²) in [5, 5.41) is 17.0. The molecule has 3 aromatic rings. The van der Waals surface area contributed by atoms with Crippen LogP contribution >= 0.6 is 11.6 Å². The van der Waals surface area contributed by atoms with Gasteiger partial charge >= 0.3 is 12.1 Å². The number of carboxylic acid groups (broad SMARTS) is 1. The number of aliphatic carboxylic acids is 1. The lowest BCUT2D eigenvalue weighted by molar-refractivity contribution is -0.140. The number of benzene rings is 2. The molecule has 37 heavy (non-hydrogen) atoms. The molecule has 0 aliphatic heterocycles. The van der Waals surface area contributed by atoms with Crippen LogP contribution in [0.25, 0.3) is 0 Å². The van der Waals surface area contributed by atoms with E-state index in [1.165, 1.54) is 5.56 Å². The molecule has 1 aromatic heterocycles. The number of nitrogens with zero attached hydrogens (tertiary/aromatic N) is 1. The summed E-state index contributed by atoms with van der Waals surface area (Å²) in [7, 11) is 0. The highest BCUT2D eigenvalue weighted by Crippen LogP contribution is 2.49. The van der Waals surface area contributed by atoms with Gasteiger partial charge < -0.3 is 14.4 Å². The zero-order valence-electron chi connectivity index (χ0n) is 21.0. The highest BCUT2D eigenvalue weighted by molar-refractivity contribution is 6.31. The maximum absolute atomic E-state index is 12.7. The van der Waals surface area contributed by atoms with Gasteiger partial charge in [0.15, 0.2) is 5.76 Å². The number of rotatable bonds is 7. The van der Waals surface area contributed by atoms with E-state index in [0.717, 1.165) is 36.8 Å². The summed E-state index contributed by atoms with van der Waals surface area (Å²) >= 11 is 6.24. The molecule has 0 bridgehead atoms. The second kappa shape index (κ2) is 10.2. The van der Waals surface area contributed by atoms with Gasteiger partial charge in [0.1, 0.15) is 17.5 Å². The Morgan fingerprint density at radius 3 is 2.35 bits per heavy atom. The van der Waals surface area contributed by atoms with Gasteiger partial charge in [-0.2, -0.15) is 0 Å². The first-order chi connectivity index (χ1) is 17.8. The Kier molecular flexibility index (Phi) is 6.99. The lowest BCUT2D eigenvalue weighted by atomic mass is 9.77. The van der Waals surface area contributed by atoms with Crippen molar-refractivity contribution in [2.75, 3.05) is 5.32 Å². The van der Waals surface area contributed by atoms with E-state index in [1.54, 1.807) is 19.9 Å². The molecule has 2 N–H and O–H groups in total. The molecule has 0 saturated heterocycles. The third-order valence-electron chi connectivity index (χ3n) is 7.94. The van der Waals surface area contributed by atoms with Gasteiger partial charge in [0.25, 0.3) is 0 Å². The van der Waals surface area contributed by atoms with Crippen LogP contribution in [0.3, 0.4) is 0 Å². The van der Waals surface area contributed by atoms with Crippen molar-refractivity contribution < 1.29 is 24.0 Å². The Hall–Kier alpha value is -3.32. The third-order valence-corrected chi connectivity index (χ3v) is 8.28. The quantitative estimate of drug-likeness (QED) is 0.333. The van der Waals surface area contributed by atoms with Crippen molar-refractivity contribution in [1.82, 2.24) is 5.16 Å². The molecule has 1 amide bonds. The zero-order chi connectivity index (χ0) is 26.2. The first-order valence-corrected chi connectivity index (χ1v) is 13.2. The molecule has 8 heteroatoms. The molecule has 1 atom stereocenters. The van der Waals surface area contributed by atoms with Crippen LogP contribution in [-0.4, -0.2) is 22.3 Å². The van der Waals surface area contributed by atoms with E-state index >= 15 is 0 Å². The molecule has 1 heterocycles. The number of aromatic nitrogens is 1. The van der Waals surface area contributed by atoms with Crippen LogP contribution in [0.1, 0.15) is 91.5 Å². The minimum Gasteiger partial charge on any atom is -0.481 e. The maximum atomic E-state index is 12.7. The molecular weight excluding hydrogens is 492 g/mol. The van der Waals surface area contributed by atoms with Crippen LogP contribution in [0.4, 0.5) is 10.5 Å². The fourth-order valence-electron chi connectivity index (χ4n) is 5.49. The first-order valence-electron chi connectivity index (χ1n) is 12.8. The summed E-state index contributed by atoms with van der Waals surface area (Å²) in [4.78, 5) is 24.3. The van der Waals surface area contributed by atoms with Crippen molar-refractivity contribution in [1.29, 1.82) is 0 Å². The van der Waals surface area contributed by atoms with Crippen LogP contribution in [0.15, 0.2) is 53.1 Å². The van der Waals surface area contributed by atoms with Crippen molar-refractivity contribution in [3.05, 3.63) is 81.7 Å². The summed E-state index contributed by atoms with van der Waals surface area (Å²) in [6.07, 6.45) is 4.09. The van der Waals surface area contributed by atoms with Gasteiger partial charge in [0, 0.05) is 16.5 Å². The average Bonchev–Trinajstić information content (AvgIpc) is 3.64. The Balaban J connectivity index is 1.20. The normalized spacial score (nSPS) is 21.2.